The highest BCUT2D eigenvalue weighted by Crippen LogP contribution is 2.17. The Morgan fingerprint density at radius 3 is 3.00 bits per heavy atom. The van der Waals surface area contributed by atoms with Gasteiger partial charge in [0.1, 0.15) is 0 Å². The summed E-state index contributed by atoms with van der Waals surface area (Å²) in [6, 6.07) is 9.84. The van der Waals surface area contributed by atoms with Crippen molar-refractivity contribution in [1.82, 2.24) is 4.57 Å². The van der Waals surface area contributed by atoms with Gasteiger partial charge >= 0.3 is 0 Å². The van der Waals surface area contributed by atoms with Gasteiger partial charge in [-0.25, -0.2) is 4.57 Å². The van der Waals surface area contributed by atoms with Crippen LogP contribution in [0.5, 0.6) is 0 Å². The van der Waals surface area contributed by atoms with E-state index in [1.165, 1.54) is 0 Å². The minimum atomic E-state index is -0.259. The van der Waals surface area contributed by atoms with Crippen LogP contribution >= 0.6 is 0 Å². The van der Waals surface area contributed by atoms with Crippen LogP contribution in [0.3, 0.4) is 0 Å². The summed E-state index contributed by atoms with van der Waals surface area (Å²) in [6.45, 7) is 2.11. The van der Waals surface area contributed by atoms with Crippen molar-refractivity contribution in [3.8, 4) is 0 Å². The Balaban J connectivity index is 2.70. The average molecular weight is 228 g/mol. The molecule has 1 heterocycles. The van der Waals surface area contributed by atoms with Crippen molar-refractivity contribution in [2.75, 3.05) is 0 Å². The molecule has 3 nitrogen and oxygen atoms in total. The summed E-state index contributed by atoms with van der Waals surface area (Å²) in [7, 11) is 0. The highest BCUT2D eigenvalue weighted by molar-refractivity contribution is 5.86. The molecule has 0 aliphatic carbocycles. The van der Waals surface area contributed by atoms with Gasteiger partial charge in [-0.05, 0) is 36.6 Å². The van der Waals surface area contributed by atoms with E-state index in [9.17, 15) is 9.59 Å². The summed E-state index contributed by atoms with van der Waals surface area (Å²) >= 11 is 0. The van der Waals surface area contributed by atoms with Crippen LogP contribution in [0.15, 0.2) is 29.1 Å². The van der Waals surface area contributed by atoms with Crippen molar-refractivity contribution in [2.24, 2.45) is 0 Å². The lowest BCUT2D eigenvalue weighted by atomic mass is 10.0. The van der Waals surface area contributed by atoms with Crippen molar-refractivity contribution >= 4 is 17.3 Å². The SMILES string of the molecule is CCCCc1cc(=O)n(C=O)c2cc[c]cc12. The second-order valence-corrected chi connectivity index (χ2v) is 4.03. The van der Waals surface area contributed by atoms with E-state index in [1.807, 2.05) is 6.07 Å². The quantitative estimate of drug-likeness (QED) is 0.752. The van der Waals surface area contributed by atoms with E-state index in [0.29, 0.717) is 11.9 Å². The summed E-state index contributed by atoms with van der Waals surface area (Å²) in [5.74, 6) is 0. The Morgan fingerprint density at radius 2 is 2.29 bits per heavy atom. The smallest absolute Gasteiger partial charge is 0.257 e. The maximum Gasteiger partial charge on any atom is 0.257 e. The fraction of sp³-hybridized carbons (Fsp3) is 0.286. The van der Waals surface area contributed by atoms with Gasteiger partial charge in [0, 0.05) is 11.5 Å². The minimum absolute atomic E-state index is 0.259. The number of benzene rings is 1. The van der Waals surface area contributed by atoms with Crippen LogP contribution in [0.1, 0.15) is 25.3 Å². The molecular formula is C14H14NO2. The maximum atomic E-state index is 11.8. The highest BCUT2D eigenvalue weighted by atomic mass is 16.2. The van der Waals surface area contributed by atoms with Gasteiger partial charge in [0.25, 0.3) is 5.56 Å². The van der Waals surface area contributed by atoms with Gasteiger partial charge in [0.05, 0.1) is 5.52 Å². The Hall–Kier alpha value is -1.90. The summed E-state index contributed by atoms with van der Waals surface area (Å²) in [5, 5.41) is 0.938. The van der Waals surface area contributed by atoms with E-state index in [2.05, 4.69) is 13.0 Å². The molecule has 2 rings (SSSR count). The molecule has 0 N–H and O–H groups in total. The second-order valence-electron chi connectivity index (χ2n) is 4.03. The fourth-order valence-corrected chi connectivity index (χ4v) is 1.99. The third-order valence-electron chi connectivity index (χ3n) is 2.89. The zero-order valence-corrected chi connectivity index (χ0v) is 9.77. The van der Waals surface area contributed by atoms with E-state index in [4.69, 9.17) is 0 Å². The number of nitrogens with zero attached hydrogens (tertiary/aromatic N) is 1. The Kier molecular flexibility index (Phi) is 3.38. The van der Waals surface area contributed by atoms with Crippen LogP contribution in [0, 0.1) is 6.07 Å². The summed E-state index contributed by atoms with van der Waals surface area (Å²) < 4.78 is 1.14. The van der Waals surface area contributed by atoms with Crippen LogP contribution in [0.2, 0.25) is 0 Å². The minimum Gasteiger partial charge on any atom is -0.278 e. The third-order valence-corrected chi connectivity index (χ3v) is 2.89. The molecule has 0 saturated heterocycles. The zero-order chi connectivity index (χ0) is 12.3. The molecule has 0 aliphatic rings. The number of hydrogen-bond donors (Lipinski definition) is 0. The molecule has 0 unspecified atom stereocenters. The molecule has 1 aromatic heterocycles. The Bertz CT molecular complexity index is 599. The number of hydrogen-bond acceptors (Lipinski definition) is 2. The largest absolute Gasteiger partial charge is 0.278 e. The molecule has 0 aliphatic heterocycles. The Labute approximate surface area is 99.7 Å². The Morgan fingerprint density at radius 1 is 1.47 bits per heavy atom. The summed E-state index contributed by atoms with van der Waals surface area (Å²) in [4.78, 5) is 22.7. The molecular weight excluding hydrogens is 214 g/mol. The van der Waals surface area contributed by atoms with Crippen molar-refractivity contribution in [1.29, 1.82) is 0 Å². The van der Waals surface area contributed by atoms with Gasteiger partial charge in [-0.3, -0.25) is 9.59 Å². The number of carbonyl (C=O) groups excluding carboxylic acids is 1. The molecule has 0 amide bonds. The predicted molar refractivity (Wildman–Crippen MR) is 67.8 cm³/mol. The first-order valence-electron chi connectivity index (χ1n) is 5.77. The lowest BCUT2D eigenvalue weighted by molar-refractivity contribution is 0.547. The molecule has 0 atom stereocenters. The molecule has 87 valence electrons. The molecule has 0 spiro atoms. The summed E-state index contributed by atoms with van der Waals surface area (Å²) in [6.07, 6.45) is 3.54. The first-order chi connectivity index (χ1) is 8.27. The molecule has 17 heavy (non-hydrogen) atoms. The van der Waals surface area contributed by atoms with Crippen LogP contribution in [-0.4, -0.2) is 11.0 Å². The monoisotopic (exact) mass is 228 g/mol. The molecule has 0 saturated carbocycles. The van der Waals surface area contributed by atoms with E-state index >= 15 is 0 Å². The number of carbonyl (C=O) groups is 1. The van der Waals surface area contributed by atoms with Crippen LogP contribution in [0.25, 0.3) is 10.9 Å². The second kappa shape index (κ2) is 4.95. The lowest BCUT2D eigenvalue weighted by Gasteiger charge is -2.08. The van der Waals surface area contributed by atoms with Crippen molar-refractivity contribution in [3.63, 3.8) is 0 Å². The van der Waals surface area contributed by atoms with E-state index < -0.39 is 0 Å². The number of aryl methyl sites for hydroxylation is 1. The third kappa shape index (κ3) is 2.13. The molecule has 3 heteroatoms. The molecule has 0 bridgehead atoms. The molecule has 1 radical (unpaired) electrons. The zero-order valence-electron chi connectivity index (χ0n) is 9.77. The van der Waals surface area contributed by atoms with Gasteiger partial charge in [0.15, 0.2) is 0 Å². The first-order valence-corrected chi connectivity index (χ1v) is 5.77. The number of fused-ring (bicyclic) bond motifs is 1. The topological polar surface area (TPSA) is 39.1 Å². The van der Waals surface area contributed by atoms with E-state index in [0.717, 1.165) is 34.8 Å². The number of unbranched alkanes of at least 4 members (excludes halogenated alkanes) is 1. The average Bonchev–Trinajstić information content (AvgIpc) is 2.36. The standard InChI is InChI=1S/C14H14NO2/c1-2-3-6-11-9-14(17)15(10-16)13-8-5-4-7-12(11)13/h5,7-10H,2-3,6H2,1H3. The predicted octanol–water partition coefficient (Wildman–Crippen LogP) is 2.18. The molecule has 1 aromatic carbocycles. The molecule has 2 aromatic rings. The van der Waals surface area contributed by atoms with Crippen molar-refractivity contribution < 1.29 is 4.79 Å². The lowest BCUT2D eigenvalue weighted by Crippen LogP contribution is -2.20. The first kappa shape index (κ1) is 11.6. The number of pyridine rings is 1. The molecule has 0 fully saturated rings. The number of rotatable bonds is 4. The maximum absolute atomic E-state index is 11.8. The van der Waals surface area contributed by atoms with E-state index in [1.54, 1.807) is 18.2 Å². The van der Waals surface area contributed by atoms with Gasteiger partial charge in [-0.2, -0.15) is 0 Å². The van der Waals surface area contributed by atoms with Gasteiger partial charge in [0.2, 0.25) is 6.41 Å². The van der Waals surface area contributed by atoms with Gasteiger partial charge in [-0.1, -0.05) is 19.4 Å². The summed E-state index contributed by atoms with van der Waals surface area (Å²) in [5.41, 5.74) is 1.41. The van der Waals surface area contributed by atoms with Gasteiger partial charge in [-0.15, -0.1) is 0 Å². The van der Waals surface area contributed by atoms with E-state index in [-0.39, 0.29) is 5.56 Å². The number of aromatic nitrogens is 1. The van der Waals surface area contributed by atoms with Crippen molar-refractivity contribution in [2.45, 2.75) is 26.2 Å². The normalized spacial score (nSPS) is 10.6. The van der Waals surface area contributed by atoms with Crippen LogP contribution < -0.4 is 5.56 Å². The van der Waals surface area contributed by atoms with Crippen LogP contribution in [0.4, 0.5) is 0 Å². The van der Waals surface area contributed by atoms with Crippen LogP contribution in [-0.2, 0) is 11.2 Å². The fourth-order valence-electron chi connectivity index (χ4n) is 1.99. The van der Waals surface area contributed by atoms with Crippen molar-refractivity contribution in [3.05, 3.63) is 46.2 Å². The van der Waals surface area contributed by atoms with Gasteiger partial charge < -0.3 is 0 Å². The highest BCUT2D eigenvalue weighted by Gasteiger charge is 2.07.